The van der Waals surface area contributed by atoms with Gasteiger partial charge in [-0.2, -0.15) is 0 Å². The second kappa shape index (κ2) is 9.06. The summed E-state index contributed by atoms with van der Waals surface area (Å²) in [5.41, 5.74) is 1.26. The number of nitrogens with one attached hydrogen (secondary N) is 1. The molecule has 1 heterocycles. The first-order valence-corrected chi connectivity index (χ1v) is 8.40. The van der Waals surface area contributed by atoms with Crippen molar-refractivity contribution >= 4 is 0 Å². The lowest BCUT2D eigenvalue weighted by Gasteiger charge is -2.29. The molecule has 3 nitrogen and oxygen atoms in total. The molecule has 2 rings (SSSR count). The predicted octanol–water partition coefficient (Wildman–Crippen LogP) is 3.09. The van der Waals surface area contributed by atoms with E-state index in [-0.39, 0.29) is 0 Å². The number of hydrogen-bond acceptors (Lipinski definition) is 3. The normalized spacial score (nSPS) is 16.3. The highest BCUT2D eigenvalue weighted by atomic mass is 16.5. The molecule has 21 heavy (non-hydrogen) atoms. The van der Waals surface area contributed by atoms with Gasteiger partial charge in [0.25, 0.3) is 0 Å². The smallest absolute Gasteiger partial charge is 0.119 e. The van der Waals surface area contributed by atoms with Crippen LogP contribution in [0.2, 0.25) is 0 Å². The van der Waals surface area contributed by atoms with Crippen molar-refractivity contribution in [2.24, 2.45) is 5.92 Å². The lowest BCUT2D eigenvalue weighted by molar-refractivity contribution is 0.171. The van der Waals surface area contributed by atoms with Gasteiger partial charge in [-0.3, -0.25) is 4.90 Å². The predicted molar refractivity (Wildman–Crippen MR) is 89.0 cm³/mol. The van der Waals surface area contributed by atoms with Crippen molar-refractivity contribution in [2.75, 3.05) is 39.3 Å². The van der Waals surface area contributed by atoms with Gasteiger partial charge in [-0.15, -0.1) is 0 Å². The van der Waals surface area contributed by atoms with E-state index in [1.807, 2.05) is 6.07 Å². The number of nitrogens with zero attached hydrogens (tertiary/aromatic N) is 1. The summed E-state index contributed by atoms with van der Waals surface area (Å²) in [6.07, 6.45) is 3.85. The number of aryl methyl sites for hydroxylation is 1. The van der Waals surface area contributed by atoms with Crippen LogP contribution in [0, 0.1) is 12.8 Å². The molecule has 118 valence electrons. The molecule has 0 amide bonds. The summed E-state index contributed by atoms with van der Waals surface area (Å²) in [7, 11) is 0. The number of ether oxygens (including phenoxy) is 1. The molecule has 0 aliphatic carbocycles. The molecule has 1 aliphatic heterocycles. The van der Waals surface area contributed by atoms with Crippen molar-refractivity contribution in [2.45, 2.75) is 33.1 Å². The fourth-order valence-electron chi connectivity index (χ4n) is 3.04. The van der Waals surface area contributed by atoms with Gasteiger partial charge in [0, 0.05) is 13.1 Å². The molecule has 1 aromatic rings. The standard InChI is InChI=1S/C18H30N2O/c1-3-11-20(15-17-7-9-19-10-8-17)12-13-21-18-6-4-5-16(2)14-18/h4-6,14,17,19H,3,7-13,15H2,1-2H3. The van der Waals surface area contributed by atoms with E-state index in [4.69, 9.17) is 4.74 Å². The third-order valence-electron chi connectivity index (χ3n) is 4.18. The quantitative estimate of drug-likeness (QED) is 0.796. The zero-order chi connectivity index (χ0) is 14.9. The first-order chi connectivity index (χ1) is 10.3. The van der Waals surface area contributed by atoms with Gasteiger partial charge in [0.1, 0.15) is 12.4 Å². The molecule has 0 atom stereocenters. The second-order valence-electron chi connectivity index (χ2n) is 6.16. The van der Waals surface area contributed by atoms with E-state index in [9.17, 15) is 0 Å². The molecule has 1 N–H and O–H groups in total. The van der Waals surface area contributed by atoms with Crippen LogP contribution in [0.25, 0.3) is 0 Å². The van der Waals surface area contributed by atoms with Gasteiger partial charge in [0.15, 0.2) is 0 Å². The van der Waals surface area contributed by atoms with Crippen LogP contribution < -0.4 is 10.1 Å². The molecule has 1 saturated heterocycles. The van der Waals surface area contributed by atoms with E-state index in [0.29, 0.717) is 0 Å². The van der Waals surface area contributed by atoms with Crippen LogP contribution in [-0.4, -0.2) is 44.2 Å². The second-order valence-corrected chi connectivity index (χ2v) is 6.16. The van der Waals surface area contributed by atoms with E-state index in [0.717, 1.165) is 24.8 Å². The zero-order valence-corrected chi connectivity index (χ0v) is 13.6. The number of benzene rings is 1. The summed E-state index contributed by atoms with van der Waals surface area (Å²) in [6, 6.07) is 8.32. The van der Waals surface area contributed by atoms with Crippen molar-refractivity contribution in [3.63, 3.8) is 0 Å². The topological polar surface area (TPSA) is 24.5 Å². The molecular formula is C18H30N2O. The summed E-state index contributed by atoms with van der Waals surface area (Å²) in [5, 5.41) is 3.45. The van der Waals surface area contributed by atoms with E-state index in [1.54, 1.807) is 0 Å². The van der Waals surface area contributed by atoms with Gasteiger partial charge in [-0.25, -0.2) is 0 Å². The first-order valence-electron chi connectivity index (χ1n) is 8.40. The lowest BCUT2D eigenvalue weighted by Crippen LogP contribution is -2.38. The minimum absolute atomic E-state index is 0.786. The molecule has 0 aromatic heterocycles. The highest BCUT2D eigenvalue weighted by Crippen LogP contribution is 2.15. The average Bonchev–Trinajstić information content (AvgIpc) is 2.48. The van der Waals surface area contributed by atoms with Gasteiger partial charge in [0.05, 0.1) is 0 Å². The van der Waals surface area contributed by atoms with Crippen LogP contribution in [0.3, 0.4) is 0 Å². The van der Waals surface area contributed by atoms with Crippen LogP contribution in [0.4, 0.5) is 0 Å². The van der Waals surface area contributed by atoms with E-state index >= 15 is 0 Å². The minimum atomic E-state index is 0.786. The van der Waals surface area contributed by atoms with Crippen LogP contribution in [0.5, 0.6) is 5.75 Å². The summed E-state index contributed by atoms with van der Waals surface area (Å²) in [6.45, 7) is 11.0. The van der Waals surface area contributed by atoms with Crippen molar-refractivity contribution in [3.8, 4) is 5.75 Å². The van der Waals surface area contributed by atoms with Crippen molar-refractivity contribution in [1.29, 1.82) is 0 Å². The number of hydrogen-bond donors (Lipinski definition) is 1. The fraction of sp³-hybridized carbons (Fsp3) is 0.667. The molecular weight excluding hydrogens is 260 g/mol. The molecule has 1 aliphatic rings. The van der Waals surface area contributed by atoms with Crippen molar-refractivity contribution < 1.29 is 4.74 Å². The summed E-state index contributed by atoms with van der Waals surface area (Å²) in [5.74, 6) is 1.85. The van der Waals surface area contributed by atoms with Crippen LogP contribution >= 0.6 is 0 Å². The van der Waals surface area contributed by atoms with Crippen molar-refractivity contribution in [1.82, 2.24) is 10.2 Å². The number of rotatable bonds is 8. The van der Waals surface area contributed by atoms with Crippen molar-refractivity contribution in [3.05, 3.63) is 29.8 Å². The van der Waals surface area contributed by atoms with Crippen LogP contribution in [0.15, 0.2) is 24.3 Å². The Kier molecular flexibility index (Phi) is 7.04. The molecule has 1 fully saturated rings. The Morgan fingerprint density at radius 1 is 1.24 bits per heavy atom. The van der Waals surface area contributed by atoms with E-state index in [1.165, 1.54) is 51.0 Å². The monoisotopic (exact) mass is 290 g/mol. The maximum Gasteiger partial charge on any atom is 0.119 e. The average molecular weight is 290 g/mol. The Hall–Kier alpha value is -1.06. The van der Waals surface area contributed by atoms with E-state index in [2.05, 4.69) is 42.3 Å². The Balaban J connectivity index is 1.73. The van der Waals surface area contributed by atoms with Gasteiger partial charge < -0.3 is 10.1 Å². The van der Waals surface area contributed by atoms with Crippen LogP contribution in [0.1, 0.15) is 31.7 Å². The maximum atomic E-state index is 5.90. The molecule has 1 aromatic carbocycles. The summed E-state index contributed by atoms with van der Waals surface area (Å²) in [4.78, 5) is 2.58. The SMILES string of the molecule is CCCN(CCOc1cccc(C)c1)CC1CCNCC1. The lowest BCUT2D eigenvalue weighted by atomic mass is 9.97. The molecule has 0 radical (unpaired) electrons. The zero-order valence-electron chi connectivity index (χ0n) is 13.6. The third kappa shape index (κ3) is 6.06. The van der Waals surface area contributed by atoms with Gasteiger partial charge in [-0.05, 0) is 69.4 Å². The first kappa shape index (κ1) is 16.3. The Labute approximate surface area is 129 Å². The van der Waals surface area contributed by atoms with Gasteiger partial charge in [-0.1, -0.05) is 19.1 Å². The minimum Gasteiger partial charge on any atom is -0.492 e. The van der Waals surface area contributed by atoms with Gasteiger partial charge >= 0.3 is 0 Å². The molecule has 3 heteroatoms. The van der Waals surface area contributed by atoms with E-state index < -0.39 is 0 Å². The maximum absolute atomic E-state index is 5.90. The highest BCUT2D eigenvalue weighted by Gasteiger charge is 2.16. The fourth-order valence-corrected chi connectivity index (χ4v) is 3.04. The Bertz CT molecular complexity index is 402. The Morgan fingerprint density at radius 3 is 2.76 bits per heavy atom. The number of piperidine rings is 1. The molecule has 0 spiro atoms. The highest BCUT2D eigenvalue weighted by molar-refractivity contribution is 5.27. The molecule has 0 unspecified atom stereocenters. The van der Waals surface area contributed by atoms with Crippen LogP contribution in [-0.2, 0) is 0 Å². The third-order valence-corrected chi connectivity index (χ3v) is 4.18. The molecule has 0 saturated carbocycles. The largest absolute Gasteiger partial charge is 0.492 e. The summed E-state index contributed by atoms with van der Waals surface area (Å²) >= 11 is 0. The summed E-state index contributed by atoms with van der Waals surface area (Å²) < 4.78 is 5.90. The Morgan fingerprint density at radius 2 is 2.05 bits per heavy atom. The molecule has 0 bridgehead atoms. The van der Waals surface area contributed by atoms with Gasteiger partial charge in [0.2, 0.25) is 0 Å².